The smallest absolute Gasteiger partial charge is 0.263 e. The van der Waals surface area contributed by atoms with E-state index < -0.39 is 10.0 Å². The van der Waals surface area contributed by atoms with Crippen LogP contribution in [0.4, 0.5) is 5.82 Å². The summed E-state index contributed by atoms with van der Waals surface area (Å²) < 4.78 is 27.1. The summed E-state index contributed by atoms with van der Waals surface area (Å²) in [4.78, 5) is 4.24. The fourth-order valence-corrected chi connectivity index (χ4v) is 3.01. The average molecular weight is 291 g/mol. The molecule has 2 rings (SSSR count). The topological polar surface area (TPSA) is 85.1 Å². The Balaban J connectivity index is 2.36. The molecule has 3 N–H and O–H groups in total. The van der Waals surface area contributed by atoms with Crippen molar-refractivity contribution in [2.75, 3.05) is 4.72 Å². The van der Waals surface area contributed by atoms with Crippen molar-refractivity contribution in [1.29, 1.82) is 0 Å². The molecule has 106 valence electrons. The number of anilines is 1. The third-order valence-corrected chi connectivity index (χ3v) is 4.42. The molecule has 0 saturated heterocycles. The van der Waals surface area contributed by atoms with Crippen LogP contribution in [0.25, 0.3) is 0 Å². The molecule has 0 aliphatic carbocycles. The van der Waals surface area contributed by atoms with Crippen LogP contribution in [0.5, 0.6) is 0 Å². The number of hydrogen-bond acceptors (Lipinski definition) is 4. The van der Waals surface area contributed by atoms with Crippen LogP contribution in [0.2, 0.25) is 0 Å². The van der Waals surface area contributed by atoms with Crippen molar-refractivity contribution in [2.24, 2.45) is 5.73 Å². The lowest BCUT2D eigenvalue weighted by atomic mass is 10.1. The number of aryl methyl sites for hydroxylation is 2. The molecule has 1 aromatic carbocycles. The van der Waals surface area contributed by atoms with Crippen LogP contribution < -0.4 is 10.5 Å². The van der Waals surface area contributed by atoms with Crippen LogP contribution >= 0.6 is 0 Å². The number of nitrogens with two attached hydrogens (primary N) is 1. The normalized spacial score (nSPS) is 11.3. The van der Waals surface area contributed by atoms with E-state index in [0.717, 1.165) is 16.7 Å². The van der Waals surface area contributed by atoms with Gasteiger partial charge in [-0.15, -0.1) is 0 Å². The molecular formula is C14H17N3O2S. The van der Waals surface area contributed by atoms with Crippen molar-refractivity contribution < 1.29 is 8.42 Å². The van der Waals surface area contributed by atoms with Gasteiger partial charge in [-0.3, -0.25) is 4.72 Å². The molecule has 6 heteroatoms. The van der Waals surface area contributed by atoms with Gasteiger partial charge >= 0.3 is 0 Å². The fourth-order valence-electron chi connectivity index (χ4n) is 1.84. The van der Waals surface area contributed by atoms with Gasteiger partial charge in [-0.25, -0.2) is 13.4 Å². The van der Waals surface area contributed by atoms with E-state index in [9.17, 15) is 8.42 Å². The van der Waals surface area contributed by atoms with Gasteiger partial charge in [-0.2, -0.15) is 0 Å². The maximum Gasteiger partial charge on any atom is 0.263 e. The number of benzene rings is 1. The number of hydrogen-bond donors (Lipinski definition) is 2. The van der Waals surface area contributed by atoms with Gasteiger partial charge in [0.2, 0.25) is 0 Å². The van der Waals surface area contributed by atoms with Gasteiger partial charge in [0.05, 0.1) is 4.90 Å². The molecule has 0 radical (unpaired) electrons. The summed E-state index contributed by atoms with van der Waals surface area (Å²) in [5.41, 5.74) is 8.13. The van der Waals surface area contributed by atoms with Gasteiger partial charge in [0.1, 0.15) is 5.82 Å². The summed E-state index contributed by atoms with van der Waals surface area (Å²) in [6.07, 6.45) is 1.55. The molecule has 0 spiro atoms. The Morgan fingerprint density at radius 1 is 1.20 bits per heavy atom. The minimum Gasteiger partial charge on any atom is -0.326 e. The molecule has 0 atom stereocenters. The molecule has 0 bridgehead atoms. The number of nitrogens with one attached hydrogen (secondary N) is 1. The second-order valence-electron chi connectivity index (χ2n) is 4.57. The van der Waals surface area contributed by atoms with Crippen molar-refractivity contribution in [1.82, 2.24) is 4.98 Å². The lowest BCUT2D eigenvalue weighted by molar-refractivity contribution is 0.601. The Hall–Kier alpha value is -1.92. The van der Waals surface area contributed by atoms with E-state index in [1.165, 1.54) is 0 Å². The highest BCUT2D eigenvalue weighted by molar-refractivity contribution is 7.92. The maximum absolute atomic E-state index is 12.3. The zero-order valence-corrected chi connectivity index (χ0v) is 12.2. The number of pyridine rings is 1. The average Bonchev–Trinajstić information content (AvgIpc) is 2.41. The first-order chi connectivity index (χ1) is 9.44. The van der Waals surface area contributed by atoms with Crippen molar-refractivity contribution in [3.63, 3.8) is 0 Å². The second kappa shape index (κ2) is 5.60. The highest BCUT2D eigenvalue weighted by Gasteiger charge is 2.16. The van der Waals surface area contributed by atoms with Crippen molar-refractivity contribution >= 4 is 15.8 Å². The van der Waals surface area contributed by atoms with E-state index in [1.807, 2.05) is 6.92 Å². The van der Waals surface area contributed by atoms with E-state index in [2.05, 4.69) is 9.71 Å². The molecule has 0 fully saturated rings. The summed E-state index contributed by atoms with van der Waals surface area (Å²) in [5, 5.41) is 0. The minimum atomic E-state index is -3.64. The molecule has 0 aliphatic rings. The summed E-state index contributed by atoms with van der Waals surface area (Å²) in [6, 6.07) is 8.45. The predicted octanol–water partition coefficient (Wildman–Crippen LogP) is 1.96. The molecule has 5 nitrogen and oxygen atoms in total. The monoisotopic (exact) mass is 291 g/mol. The second-order valence-corrected chi connectivity index (χ2v) is 6.25. The van der Waals surface area contributed by atoms with Gasteiger partial charge in [0.25, 0.3) is 10.0 Å². The standard InChI is InChI=1S/C14H17N3O2S/c1-10-4-3-7-16-14(10)17-20(18,19)13-6-5-12(9-15)11(2)8-13/h3-8H,9,15H2,1-2H3,(H,16,17). The molecular weight excluding hydrogens is 274 g/mol. The molecule has 1 aromatic heterocycles. The Morgan fingerprint density at radius 2 is 1.95 bits per heavy atom. The van der Waals surface area contributed by atoms with Gasteiger partial charge < -0.3 is 5.73 Å². The van der Waals surface area contributed by atoms with Crippen molar-refractivity contribution in [2.45, 2.75) is 25.3 Å². The first-order valence-corrected chi connectivity index (χ1v) is 7.66. The Morgan fingerprint density at radius 3 is 2.55 bits per heavy atom. The molecule has 2 aromatic rings. The fraction of sp³-hybridized carbons (Fsp3) is 0.214. The summed E-state index contributed by atoms with van der Waals surface area (Å²) in [7, 11) is -3.64. The number of rotatable bonds is 4. The summed E-state index contributed by atoms with van der Waals surface area (Å²) in [5.74, 6) is 0.341. The Bertz CT molecular complexity index is 727. The minimum absolute atomic E-state index is 0.206. The van der Waals surface area contributed by atoms with E-state index in [0.29, 0.717) is 12.4 Å². The van der Waals surface area contributed by atoms with E-state index >= 15 is 0 Å². The molecule has 0 amide bonds. The highest BCUT2D eigenvalue weighted by atomic mass is 32.2. The third kappa shape index (κ3) is 2.97. The van der Waals surface area contributed by atoms with Crippen LogP contribution in [0.15, 0.2) is 41.4 Å². The first kappa shape index (κ1) is 14.5. The van der Waals surface area contributed by atoms with Crippen LogP contribution in [-0.2, 0) is 16.6 Å². The highest BCUT2D eigenvalue weighted by Crippen LogP contribution is 2.19. The largest absolute Gasteiger partial charge is 0.326 e. The first-order valence-electron chi connectivity index (χ1n) is 6.18. The predicted molar refractivity (Wildman–Crippen MR) is 78.9 cm³/mol. The van der Waals surface area contributed by atoms with E-state index in [4.69, 9.17) is 5.73 Å². The molecule has 0 saturated carbocycles. The zero-order valence-electron chi connectivity index (χ0n) is 11.4. The molecule has 0 aliphatic heterocycles. The lowest BCUT2D eigenvalue weighted by Crippen LogP contribution is -2.15. The van der Waals surface area contributed by atoms with E-state index in [1.54, 1.807) is 43.5 Å². The van der Waals surface area contributed by atoms with Gasteiger partial charge in [-0.1, -0.05) is 12.1 Å². The third-order valence-electron chi connectivity index (χ3n) is 3.08. The quantitative estimate of drug-likeness (QED) is 0.901. The van der Waals surface area contributed by atoms with Crippen LogP contribution in [-0.4, -0.2) is 13.4 Å². The molecule has 20 heavy (non-hydrogen) atoms. The molecule has 1 heterocycles. The number of sulfonamides is 1. The lowest BCUT2D eigenvalue weighted by Gasteiger charge is -2.11. The Labute approximate surface area is 118 Å². The SMILES string of the molecule is Cc1cc(S(=O)(=O)Nc2ncccc2C)ccc1CN. The van der Waals surface area contributed by atoms with E-state index in [-0.39, 0.29) is 4.90 Å². The van der Waals surface area contributed by atoms with Crippen molar-refractivity contribution in [3.8, 4) is 0 Å². The molecule has 0 unspecified atom stereocenters. The Kier molecular flexibility index (Phi) is 4.06. The van der Waals surface area contributed by atoms with Gasteiger partial charge in [-0.05, 0) is 48.7 Å². The number of nitrogens with zero attached hydrogens (tertiary/aromatic N) is 1. The van der Waals surface area contributed by atoms with Crippen LogP contribution in [0.1, 0.15) is 16.7 Å². The van der Waals surface area contributed by atoms with Crippen LogP contribution in [0.3, 0.4) is 0 Å². The number of aromatic nitrogens is 1. The maximum atomic E-state index is 12.3. The summed E-state index contributed by atoms with van der Waals surface area (Å²) >= 11 is 0. The van der Waals surface area contributed by atoms with Crippen LogP contribution in [0, 0.1) is 13.8 Å². The summed E-state index contributed by atoms with van der Waals surface area (Å²) in [6.45, 7) is 4.03. The zero-order chi connectivity index (χ0) is 14.8. The van der Waals surface area contributed by atoms with Crippen molar-refractivity contribution in [3.05, 3.63) is 53.2 Å². The van der Waals surface area contributed by atoms with Gasteiger partial charge in [0.15, 0.2) is 0 Å². The van der Waals surface area contributed by atoms with Gasteiger partial charge in [0, 0.05) is 12.7 Å².